The van der Waals surface area contributed by atoms with Crippen LogP contribution in [0, 0.1) is 0 Å². The Bertz CT molecular complexity index is 863. The molecule has 0 aliphatic carbocycles. The van der Waals surface area contributed by atoms with Crippen molar-refractivity contribution in [2.24, 2.45) is 0 Å². The predicted octanol–water partition coefficient (Wildman–Crippen LogP) is 3.01. The molecular formula is C18H20N2O4S. The van der Waals surface area contributed by atoms with Crippen molar-refractivity contribution in [3.8, 4) is 5.75 Å². The Morgan fingerprint density at radius 3 is 2.44 bits per heavy atom. The Kier molecular flexibility index (Phi) is 4.94. The predicted molar refractivity (Wildman–Crippen MR) is 96.4 cm³/mol. The number of sulfonamides is 1. The molecule has 1 aliphatic heterocycles. The summed E-state index contributed by atoms with van der Waals surface area (Å²) in [4.78, 5) is 13.8. The van der Waals surface area contributed by atoms with Crippen LogP contribution in [0.2, 0.25) is 0 Å². The first-order chi connectivity index (χ1) is 12.0. The van der Waals surface area contributed by atoms with Crippen molar-refractivity contribution in [3.05, 3.63) is 48.5 Å². The number of amides is 1. The Morgan fingerprint density at radius 1 is 1.04 bits per heavy atom. The van der Waals surface area contributed by atoms with Gasteiger partial charge in [0, 0.05) is 18.7 Å². The second-order valence-electron chi connectivity index (χ2n) is 5.80. The van der Waals surface area contributed by atoms with Gasteiger partial charge in [-0.2, -0.15) is 0 Å². The van der Waals surface area contributed by atoms with E-state index in [-0.39, 0.29) is 10.8 Å². The van der Waals surface area contributed by atoms with E-state index in [9.17, 15) is 13.2 Å². The highest BCUT2D eigenvalue weighted by molar-refractivity contribution is 7.92. The van der Waals surface area contributed by atoms with Crippen molar-refractivity contribution in [1.29, 1.82) is 0 Å². The highest BCUT2D eigenvalue weighted by atomic mass is 32.2. The average Bonchev–Trinajstić information content (AvgIpc) is 2.62. The number of ether oxygens (including phenoxy) is 1. The zero-order valence-electron chi connectivity index (χ0n) is 13.9. The van der Waals surface area contributed by atoms with Gasteiger partial charge in [0.2, 0.25) is 5.91 Å². The summed E-state index contributed by atoms with van der Waals surface area (Å²) in [6, 6.07) is 13.2. The maximum absolute atomic E-state index is 12.6. The smallest absolute Gasteiger partial charge is 0.262 e. The number of anilines is 2. The molecule has 0 bridgehead atoms. The third-order valence-corrected chi connectivity index (χ3v) is 5.51. The summed E-state index contributed by atoms with van der Waals surface area (Å²) < 4.78 is 32.8. The standard InChI is InChI=1S/C18H20N2O4S/c1-24-17-7-3-2-6-16(17)19-25(22,23)15-11-9-14(10-12-15)20-13-5-4-8-18(20)21/h2-3,6-7,9-12,19H,4-5,8,13H2,1H3. The quantitative estimate of drug-likeness (QED) is 0.889. The molecule has 0 spiro atoms. The second kappa shape index (κ2) is 7.14. The zero-order valence-corrected chi connectivity index (χ0v) is 14.8. The van der Waals surface area contributed by atoms with Gasteiger partial charge in [-0.25, -0.2) is 8.42 Å². The summed E-state index contributed by atoms with van der Waals surface area (Å²) in [6.07, 6.45) is 2.40. The summed E-state index contributed by atoms with van der Waals surface area (Å²) in [7, 11) is -2.26. The molecule has 0 atom stereocenters. The van der Waals surface area contributed by atoms with E-state index in [0.29, 0.717) is 24.4 Å². The third kappa shape index (κ3) is 3.76. The minimum absolute atomic E-state index is 0.0778. The fourth-order valence-electron chi connectivity index (χ4n) is 2.82. The molecule has 0 radical (unpaired) electrons. The molecule has 1 amide bonds. The van der Waals surface area contributed by atoms with Crippen molar-refractivity contribution in [3.63, 3.8) is 0 Å². The molecule has 2 aromatic rings. The van der Waals surface area contributed by atoms with Gasteiger partial charge in [0.1, 0.15) is 5.75 Å². The van der Waals surface area contributed by atoms with Gasteiger partial charge in [-0.05, 0) is 49.2 Å². The normalized spacial score (nSPS) is 15.1. The molecule has 25 heavy (non-hydrogen) atoms. The summed E-state index contributed by atoms with van der Waals surface area (Å²) >= 11 is 0. The van der Waals surface area contributed by atoms with Crippen molar-refractivity contribution in [2.75, 3.05) is 23.3 Å². The van der Waals surface area contributed by atoms with Crippen LogP contribution in [-0.2, 0) is 14.8 Å². The van der Waals surface area contributed by atoms with E-state index in [0.717, 1.165) is 18.5 Å². The summed E-state index contributed by atoms with van der Waals surface area (Å²) in [6.45, 7) is 0.671. The largest absolute Gasteiger partial charge is 0.495 e. The lowest BCUT2D eigenvalue weighted by molar-refractivity contribution is -0.119. The van der Waals surface area contributed by atoms with Gasteiger partial charge in [0.15, 0.2) is 0 Å². The topological polar surface area (TPSA) is 75.7 Å². The van der Waals surface area contributed by atoms with Crippen molar-refractivity contribution in [2.45, 2.75) is 24.2 Å². The number of hydrogen-bond donors (Lipinski definition) is 1. The third-order valence-electron chi connectivity index (χ3n) is 4.13. The first-order valence-corrected chi connectivity index (χ1v) is 9.56. The Labute approximate surface area is 147 Å². The molecule has 0 unspecified atom stereocenters. The number of para-hydroxylation sites is 2. The van der Waals surface area contributed by atoms with Crippen LogP contribution >= 0.6 is 0 Å². The molecule has 1 aliphatic rings. The van der Waals surface area contributed by atoms with Crippen molar-refractivity contribution < 1.29 is 17.9 Å². The van der Waals surface area contributed by atoms with Gasteiger partial charge in [-0.15, -0.1) is 0 Å². The first-order valence-electron chi connectivity index (χ1n) is 8.07. The number of hydrogen-bond acceptors (Lipinski definition) is 4. The van der Waals surface area contributed by atoms with Crippen LogP contribution in [0.15, 0.2) is 53.4 Å². The maximum atomic E-state index is 12.6. The molecule has 132 valence electrons. The molecule has 2 aromatic carbocycles. The zero-order chi connectivity index (χ0) is 17.9. The van der Waals surface area contributed by atoms with E-state index in [2.05, 4.69) is 4.72 Å². The van der Waals surface area contributed by atoms with Gasteiger partial charge in [0.25, 0.3) is 10.0 Å². The molecule has 0 aromatic heterocycles. The van der Waals surface area contributed by atoms with E-state index in [1.807, 2.05) is 0 Å². The van der Waals surface area contributed by atoms with Crippen molar-refractivity contribution in [1.82, 2.24) is 0 Å². The van der Waals surface area contributed by atoms with E-state index in [1.165, 1.54) is 19.2 Å². The molecule has 1 N–H and O–H groups in total. The summed E-state index contributed by atoms with van der Waals surface area (Å²) in [5.74, 6) is 0.524. The monoisotopic (exact) mass is 360 g/mol. The minimum Gasteiger partial charge on any atom is -0.495 e. The Morgan fingerprint density at radius 2 is 1.76 bits per heavy atom. The van der Waals surface area contributed by atoms with Crippen LogP contribution in [0.1, 0.15) is 19.3 Å². The maximum Gasteiger partial charge on any atom is 0.262 e. The number of nitrogens with zero attached hydrogens (tertiary/aromatic N) is 1. The molecule has 3 rings (SSSR count). The lowest BCUT2D eigenvalue weighted by Crippen LogP contribution is -2.35. The number of nitrogens with one attached hydrogen (secondary N) is 1. The number of carbonyl (C=O) groups excluding carboxylic acids is 1. The molecule has 0 saturated carbocycles. The Hall–Kier alpha value is -2.54. The first kappa shape index (κ1) is 17.3. The van der Waals surface area contributed by atoms with Gasteiger partial charge in [-0.1, -0.05) is 12.1 Å². The summed E-state index contributed by atoms with van der Waals surface area (Å²) in [5, 5.41) is 0. The van der Waals surface area contributed by atoms with Crippen molar-refractivity contribution >= 4 is 27.3 Å². The SMILES string of the molecule is COc1ccccc1NS(=O)(=O)c1ccc(N2CCCCC2=O)cc1. The van der Waals surface area contributed by atoms with E-state index >= 15 is 0 Å². The van der Waals surface area contributed by atoms with E-state index < -0.39 is 10.0 Å². The highest BCUT2D eigenvalue weighted by Gasteiger charge is 2.21. The molecule has 1 fully saturated rings. The van der Waals surface area contributed by atoms with Crippen LogP contribution in [-0.4, -0.2) is 28.0 Å². The number of carbonyl (C=O) groups is 1. The fraction of sp³-hybridized carbons (Fsp3) is 0.278. The molecule has 1 saturated heterocycles. The average molecular weight is 360 g/mol. The minimum atomic E-state index is -3.74. The van der Waals surface area contributed by atoms with Crippen LogP contribution in [0.25, 0.3) is 0 Å². The lowest BCUT2D eigenvalue weighted by atomic mass is 10.1. The van der Waals surface area contributed by atoms with E-state index in [4.69, 9.17) is 4.74 Å². The highest BCUT2D eigenvalue weighted by Crippen LogP contribution is 2.27. The number of benzene rings is 2. The number of rotatable bonds is 5. The van der Waals surface area contributed by atoms with Gasteiger partial charge < -0.3 is 9.64 Å². The van der Waals surface area contributed by atoms with Crippen LogP contribution in [0.4, 0.5) is 11.4 Å². The van der Waals surface area contributed by atoms with Gasteiger partial charge in [-0.3, -0.25) is 9.52 Å². The van der Waals surface area contributed by atoms with Crippen LogP contribution in [0.5, 0.6) is 5.75 Å². The molecule has 6 nitrogen and oxygen atoms in total. The molecule has 7 heteroatoms. The van der Waals surface area contributed by atoms with Crippen LogP contribution in [0.3, 0.4) is 0 Å². The molecular weight excluding hydrogens is 340 g/mol. The fourth-order valence-corrected chi connectivity index (χ4v) is 3.89. The number of piperidine rings is 1. The van der Waals surface area contributed by atoms with Gasteiger partial charge >= 0.3 is 0 Å². The Balaban J connectivity index is 1.82. The van der Waals surface area contributed by atoms with E-state index in [1.54, 1.807) is 41.3 Å². The van der Waals surface area contributed by atoms with Gasteiger partial charge in [0.05, 0.1) is 17.7 Å². The van der Waals surface area contributed by atoms with Crippen LogP contribution < -0.4 is 14.4 Å². The molecule has 1 heterocycles. The summed E-state index contributed by atoms with van der Waals surface area (Å²) in [5.41, 5.74) is 1.10. The lowest BCUT2D eigenvalue weighted by Gasteiger charge is -2.26. The second-order valence-corrected chi connectivity index (χ2v) is 7.48. The number of methoxy groups -OCH3 is 1.